The lowest BCUT2D eigenvalue weighted by atomic mass is 9.87. The summed E-state index contributed by atoms with van der Waals surface area (Å²) in [6.07, 6.45) is 2.16. The number of hydrogen-bond acceptors (Lipinski definition) is 5. The number of nitrogens with zero attached hydrogens (tertiary/aromatic N) is 4. The summed E-state index contributed by atoms with van der Waals surface area (Å²) in [5, 5.41) is 2.82. The lowest BCUT2D eigenvalue weighted by Gasteiger charge is -2.35. The summed E-state index contributed by atoms with van der Waals surface area (Å²) in [4.78, 5) is 47.8. The number of amides is 4. The molecule has 0 spiro atoms. The van der Waals surface area contributed by atoms with Crippen molar-refractivity contribution < 1.29 is 14.4 Å². The first-order valence-corrected chi connectivity index (χ1v) is 10.2. The minimum Gasteiger partial charge on any atom is -0.353 e. The van der Waals surface area contributed by atoms with Crippen LogP contribution in [0.5, 0.6) is 0 Å². The fourth-order valence-electron chi connectivity index (χ4n) is 4.09. The summed E-state index contributed by atoms with van der Waals surface area (Å²) in [5.74, 6) is 0.287. The van der Waals surface area contributed by atoms with Gasteiger partial charge in [0.2, 0.25) is 5.91 Å². The molecule has 2 aliphatic heterocycles. The number of urea groups is 1. The molecule has 2 fully saturated rings. The summed E-state index contributed by atoms with van der Waals surface area (Å²) in [6.45, 7) is 3.97. The van der Waals surface area contributed by atoms with E-state index in [9.17, 15) is 14.4 Å². The molecular formula is C22H25N5O3. The smallest absolute Gasteiger partial charge is 0.325 e. The van der Waals surface area contributed by atoms with Crippen molar-refractivity contribution in [1.29, 1.82) is 0 Å². The minimum absolute atomic E-state index is 0.223. The maximum absolute atomic E-state index is 13.2. The Morgan fingerprint density at radius 2 is 1.73 bits per heavy atom. The minimum atomic E-state index is -1.11. The molecule has 4 amide bonds. The number of piperazine rings is 1. The highest BCUT2D eigenvalue weighted by Crippen LogP contribution is 2.32. The fraction of sp³-hybridized carbons (Fsp3) is 0.364. The van der Waals surface area contributed by atoms with Gasteiger partial charge < -0.3 is 15.1 Å². The summed E-state index contributed by atoms with van der Waals surface area (Å²) in [7, 11) is 0. The van der Waals surface area contributed by atoms with Crippen LogP contribution in [0.1, 0.15) is 18.9 Å². The second kappa shape index (κ2) is 8.14. The molecule has 0 aliphatic carbocycles. The predicted octanol–water partition coefficient (Wildman–Crippen LogP) is 1.59. The van der Waals surface area contributed by atoms with Gasteiger partial charge in [0, 0.05) is 32.4 Å². The molecule has 8 nitrogen and oxygen atoms in total. The van der Waals surface area contributed by atoms with E-state index in [0.29, 0.717) is 32.6 Å². The zero-order valence-electron chi connectivity index (χ0n) is 17.0. The van der Waals surface area contributed by atoms with Crippen molar-refractivity contribution in [3.8, 4) is 0 Å². The summed E-state index contributed by atoms with van der Waals surface area (Å²) in [6, 6.07) is 14.4. The zero-order valence-corrected chi connectivity index (χ0v) is 17.0. The predicted molar refractivity (Wildman–Crippen MR) is 112 cm³/mol. The Labute approximate surface area is 175 Å². The molecule has 2 aromatic rings. The second-order valence-electron chi connectivity index (χ2n) is 7.50. The van der Waals surface area contributed by atoms with Crippen molar-refractivity contribution in [3.63, 3.8) is 0 Å². The first-order chi connectivity index (χ1) is 14.5. The number of carbonyl (C=O) groups is 3. The summed E-state index contributed by atoms with van der Waals surface area (Å²) in [5.41, 5.74) is -0.388. The Hall–Kier alpha value is -3.42. The van der Waals surface area contributed by atoms with E-state index in [1.807, 2.05) is 55.5 Å². The van der Waals surface area contributed by atoms with E-state index in [0.717, 1.165) is 16.3 Å². The lowest BCUT2D eigenvalue weighted by Crippen LogP contribution is -2.52. The van der Waals surface area contributed by atoms with Crippen LogP contribution in [0, 0.1) is 0 Å². The quantitative estimate of drug-likeness (QED) is 0.761. The number of imide groups is 1. The van der Waals surface area contributed by atoms with E-state index >= 15 is 0 Å². The molecule has 156 valence electrons. The van der Waals surface area contributed by atoms with Crippen molar-refractivity contribution in [1.82, 2.24) is 20.1 Å². The van der Waals surface area contributed by atoms with Gasteiger partial charge in [0.25, 0.3) is 5.91 Å². The Morgan fingerprint density at radius 3 is 2.37 bits per heavy atom. The molecule has 4 rings (SSSR count). The number of pyridine rings is 1. The number of aromatic nitrogens is 1. The normalized spacial score (nSPS) is 21.7. The first-order valence-electron chi connectivity index (χ1n) is 10.2. The number of benzene rings is 1. The molecule has 0 saturated carbocycles. The van der Waals surface area contributed by atoms with Crippen molar-refractivity contribution in [2.75, 3.05) is 37.6 Å². The standard InChI is InChI=1S/C22H25N5O3/c1-2-22(17-8-4-3-5-9-17)20(29)27(21(30)24-22)16-19(28)26-14-12-25(13-15-26)18-10-6-7-11-23-18/h3-11H,2,12-16H2,1H3,(H,24,30)/t22-/m0/s1. The number of carbonyl (C=O) groups excluding carboxylic acids is 3. The van der Waals surface area contributed by atoms with E-state index in [4.69, 9.17) is 0 Å². The van der Waals surface area contributed by atoms with Gasteiger partial charge in [-0.3, -0.25) is 14.5 Å². The molecule has 2 aliphatic rings. The third-order valence-corrected chi connectivity index (χ3v) is 5.87. The lowest BCUT2D eigenvalue weighted by molar-refractivity contribution is -0.139. The van der Waals surface area contributed by atoms with Crippen LogP contribution in [0.3, 0.4) is 0 Å². The number of hydrogen-bond donors (Lipinski definition) is 1. The van der Waals surface area contributed by atoms with Gasteiger partial charge in [-0.15, -0.1) is 0 Å². The number of nitrogens with one attached hydrogen (secondary N) is 1. The average molecular weight is 407 g/mol. The van der Waals surface area contributed by atoms with Crippen molar-refractivity contribution >= 4 is 23.7 Å². The van der Waals surface area contributed by atoms with Crippen LogP contribution < -0.4 is 10.2 Å². The van der Waals surface area contributed by atoms with Gasteiger partial charge >= 0.3 is 6.03 Å². The van der Waals surface area contributed by atoms with E-state index in [-0.39, 0.29) is 18.4 Å². The number of rotatable bonds is 5. The average Bonchev–Trinajstić information content (AvgIpc) is 3.05. The van der Waals surface area contributed by atoms with Crippen LogP contribution in [-0.2, 0) is 15.1 Å². The van der Waals surface area contributed by atoms with Gasteiger partial charge in [0.15, 0.2) is 0 Å². The maximum Gasteiger partial charge on any atom is 0.325 e. The van der Waals surface area contributed by atoms with Crippen LogP contribution in [-0.4, -0.2) is 65.4 Å². The zero-order chi connectivity index (χ0) is 21.1. The molecule has 0 radical (unpaired) electrons. The molecule has 8 heteroatoms. The molecular weight excluding hydrogens is 382 g/mol. The third-order valence-electron chi connectivity index (χ3n) is 5.87. The molecule has 1 aromatic carbocycles. The van der Waals surface area contributed by atoms with E-state index in [1.165, 1.54) is 0 Å². The van der Waals surface area contributed by atoms with E-state index < -0.39 is 11.6 Å². The first kappa shape index (κ1) is 19.9. The molecule has 1 N–H and O–H groups in total. The molecule has 30 heavy (non-hydrogen) atoms. The van der Waals surface area contributed by atoms with Gasteiger partial charge in [-0.05, 0) is 24.1 Å². The van der Waals surface area contributed by atoms with E-state index in [2.05, 4.69) is 15.2 Å². The van der Waals surface area contributed by atoms with Gasteiger partial charge in [0.1, 0.15) is 17.9 Å². The molecule has 0 unspecified atom stereocenters. The summed E-state index contributed by atoms with van der Waals surface area (Å²) < 4.78 is 0. The SMILES string of the molecule is CC[C@@]1(c2ccccc2)NC(=O)N(CC(=O)N2CCN(c3ccccn3)CC2)C1=O. The monoisotopic (exact) mass is 407 g/mol. The summed E-state index contributed by atoms with van der Waals surface area (Å²) >= 11 is 0. The van der Waals surface area contributed by atoms with Crippen molar-refractivity contribution in [2.24, 2.45) is 0 Å². The highest BCUT2D eigenvalue weighted by molar-refractivity contribution is 6.09. The highest BCUT2D eigenvalue weighted by atomic mass is 16.2. The molecule has 1 atom stereocenters. The Balaban J connectivity index is 1.41. The van der Waals surface area contributed by atoms with Gasteiger partial charge in [0.05, 0.1) is 0 Å². The molecule has 2 saturated heterocycles. The van der Waals surface area contributed by atoms with Crippen LogP contribution in [0.2, 0.25) is 0 Å². The van der Waals surface area contributed by atoms with Crippen molar-refractivity contribution in [2.45, 2.75) is 18.9 Å². The topological polar surface area (TPSA) is 85.8 Å². The largest absolute Gasteiger partial charge is 0.353 e. The fourth-order valence-corrected chi connectivity index (χ4v) is 4.09. The third kappa shape index (κ3) is 3.49. The van der Waals surface area contributed by atoms with Crippen molar-refractivity contribution in [3.05, 3.63) is 60.3 Å². The molecule has 1 aromatic heterocycles. The van der Waals surface area contributed by atoms with Crippen LogP contribution in [0.4, 0.5) is 10.6 Å². The second-order valence-corrected chi connectivity index (χ2v) is 7.50. The van der Waals surface area contributed by atoms with Gasteiger partial charge in [-0.25, -0.2) is 9.78 Å². The van der Waals surface area contributed by atoms with E-state index in [1.54, 1.807) is 11.1 Å². The number of anilines is 1. The highest BCUT2D eigenvalue weighted by Gasteiger charge is 2.51. The van der Waals surface area contributed by atoms with Crippen LogP contribution in [0.15, 0.2) is 54.7 Å². The Morgan fingerprint density at radius 1 is 1.03 bits per heavy atom. The maximum atomic E-state index is 13.2. The molecule has 3 heterocycles. The molecule has 0 bridgehead atoms. The van der Waals surface area contributed by atoms with Gasteiger partial charge in [-0.1, -0.05) is 43.3 Å². The Kier molecular flexibility index (Phi) is 5.39. The van der Waals surface area contributed by atoms with Crippen LogP contribution >= 0.6 is 0 Å². The van der Waals surface area contributed by atoms with Gasteiger partial charge in [-0.2, -0.15) is 0 Å². The van der Waals surface area contributed by atoms with Crippen LogP contribution in [0.25, 0.3) is 0 Å². The Bertz CT molecular complexity index is 928.